The van der Waals surface area contributed by atoms with E-state index in [-0.39, 0.29) is 24.2 Å². The van der Waals surface area contributed by atoms with Crippen LogP contribution in [0.2, 0.25) is 0 Å². The molecule has 0 aromatic heterocycles. The van der Waals surface area contributed by atoms with Crippen LogP contribution in [0.4, 0.5) is 8.78 Å². The summed E-state index contributed by atoms with van der Waals surface area (Å²) in [5, 5.41) is 0. The second-order valence-electron chi connectivity index (χ2n) is 5.18. The number of rotatable bonds is 1. The number of carbonyl (C=O) groups excluding carboxylic acids is 1. The fourth-order valence-electron chi connectivity index (χ4n) is 2.97. The molecule has 4 heteroatoms. The van der Waals surface area contributed by atoms with Crippen molar-refractivity contribution in [1.82, 2.24) is 4.90 Å². The molecule has 3 rings (SSSR count). The zero-order valence-electron chi connectivity index (χ0n) is 8.59. The molecule has 3 aliphatic rings. The van der Waals surface area contributed by atoms with Gasteiger partial charge in [0.15, 0.2) is 0 Å². The first-order chi connectivity index (χ1) is 7.08. The van der Waals surface area contributed by atoms with E-state index in [0.29, 0.717) is 19.5 Å². The quantitative estimate of drug-likeness (QED) is 0.654. The highest BCUT2D eigenvalue weighted by molar-refractivity contribution is 5.81. The van der Waals surface area contributed by atoms with Crippen LogP contribution in [0.15, 0.2) is 0 Å². The van der Waals surface area contributed by atoms with E-state index in [2.05, 4.69) is 0 Å². The summed E-state index contributed by atoms with van der Waals surface area (Å²) in [5.41, 5.74) is 0. The Morgan fingerprint density at radius 1 is 1.20 bits per heavy atom. The lowest BCUT2D eigenvalue weighted by Crippen LogP contribution is -2.33. The number of halogens is 2. The molecule has 0 radical (unpaired) electrons. The van der Waals surface area contributed by atoms with E-state index < -0.39 is 11.8 Å². The third-order valence-electron chi connectivity index (χ3n) is 4.07. The van der Waals surface area contributed by atoms with E-state index in [9.17, 15) is 13.6 Å². The van der Waals surface area contributed by atoms with E-state index in [1.54, 1.807) is 4.90 Å². The molecule has 2 aliphatic carbocycles. The Balaban J connectivity index is 1.70. The molecule has 1 saturated heterocycles. The van der Waals surface area contributed by atoms with Crippen molar-refractivity contribution in [2.24, 2.45) is 17.8 Å². The molecule has 1 heterocycles. The van der Waals surface area contributed by atoms with Crippen molar-refractivity contribution in [3.63, 3.8) is 0 Å². The summed E-state index contributed by atoms with van der Waals surface area (Å²) in [7, 11) is 0. The zero-order valence-corrected chi connectivity index (χ0v) is 8.59. The number of alkyl halides is 2. The zero-order chi connectivity index (χ0) is 10.6. The van der Waals surface area contributed by atoms with Crippen molar-refractivity contribution < 1.29 is 13.6 Å². The van der Waals surface area contributed by atoms with Crippen LogP contribution in [0.1, 0.15) is 25.7 Å². The summed E-state index contributed by atoms with van der Waals surface area (Å²) in [5.74, 6) is -2.73. The normalized spacial score (nSPS) is 38.1. The van der Waals surface area contributed by atoms with Crippen LogP contribution in [0, 0.1) is 17.8 Å². The maximum atomic E-state index is 13.4. The number of likely N-dealkylation sites (tertiary alicyclic amines) is 1. The molecule has 0 aromatic carbocycles. The van der Waals surface area contributed by atoms with E-state index >= 15 is 0 Å². The largest absolute Gasteiger partial charge is 0.342 e. The van der Waals surface area contributed by atoms with E-state index in [0.717, 1.165) is 12.8 Å². The van der Waals surface area contributed by atoms with Gasteiger partial charge in [0.1, 0.15) is 0 Å². The van der Waals surface area contributed by atoms with Gasteiger partial charge in [-0.3, -0.25) is 4.79 Å². The molecule has 1 aliphatic heterocycles. The maximum absolute atomic E-state index is 13.4. The molecule has 2 unspecified atom stereocenters. The van der Waals surface area contributed by atoms with E-state index in [4.69, 9.17) is 0 Å². The molecule has 1 amide bonds. The number of amides is 1. The molecular weight excluding hydrogens is 200 g/mol. The molecule has 0 aromatic rings. The second-order valence-corrected chi connectivity index (χ2v) is 5.18. The Morgan fingerprint density at radius 3 is 2.53 bits per heavy atom. The molecule has 2 atom stereocenters. The minimum absolute atomic E-state index is 0.0216. The number of hydrogen-bond donors (Lipinski definition) is 0. The Labute approximate surface area is 87.6 Å². The summed E-state index contributed by atoms with van der Waals surface area (Å²) in [6.07, 6.45) is 2.53. The van der Waals surface area contributed by atoms with Gasteiger partial charge in [0.2, 0.25) is 5.91 Å². The fraction of sp³-hybridized carbons (Fsp3) is 0.909. The number of nitrogens with zero attached hydrogens (tertiary/aromatic N) is 1. The van der Waals surface area contributed by atoms with Crippen molar-refractivity contribution in [2.75, 3.05) is 13.1 Å². The summed E-state index contributed by atoms with van der Waals surface area (Å²) in [4.78, 5) is 13.4. The van der Waals surface area contributed by atoms with Gasteiger partial charge in [-0.15, -0.1) is 0 Å². The van der Waals surface area contributed by atoms with E-state index in [1.165, 1.54) is 0 Å². The lowest BCUT2D eigenvalue weighted by molar-refractivity contribution is -0.132. The van der Waals surface area contributed by atoms with Crippen molar-refractivity contribution in [1.29, 1.82) is 0 Å². The summed E-state index contributed by atoms with van der Waals surface area (Å²) < 4.78 is 26.8. The Morgan fingerprint density at radius 2 is 1.93 bits per heavy atom. The van der Waals surface area contributed by atoms with Crippen LogP contribution < -0.4 is 0 Å². The Kier molecular flexibility index (Phi) is 1.86. The van der Waals surface area contributed by atoms with Gasteiger partial charge in [0.05, 0.1) is 0 Å². The number of fused-ring (bicyclic) bond motifs is 1. The minimum atomic E-state index is -2.52. The van der Waals surface area contributed by atoms with Crippen molar-refractivity contribution in [3.05, 3.63) is 0 Å². The van der Waals surface area contributed by atoms with Crippen molar-refractivity contribution in [2.45, 2.75) is 31.6 Å². The molecule has 0 spiro atoms. The van der Waals surface area contributed by atoms with Crippen molar-refractivity contribution >= 4 is 5.91 Å². The minimum Gasteiger partial charge on any atom is -0.342 e. The molecule has 0 bridgehead atoms. The van der Waals surface area contributed by atoms with Crippen LogP contribution in [-0.4, -0.2) is 29.8 Å². The maximum Gasteiger partial charge on any atom is 0.252 e. The average molecular weight is 215 g/mol. The second kappa shape index (κ2) is 2.92. The summed E-state index contributed by atoms with van der Waals surface area (Å²) in [6, 6.07) is 0. The third-order valence-corrected chi connectivity index (χ3v) is 4.07. The monoisotopic (exact) mass is 215 g/mol. The van der Waals surface area contributed by atoms with Crippen LogP contribution in [0.5, 0.6) is 0 Å². The third kappa shape index (κ3) is 1.45. The SMILES string of the molecule is O=C(C1CC1)N1CC2CCC(F)(F)C2C1. The van der Waals surface area contributed by atoms with Crippen LogP contribution in [0.3, 0.4) is 0 Å². The smallest absolute Gasteiger partial charge is 0.252 e. The van der Waals surface area contributed by atoms with E-state index in [1.807, 2.05) is 0 Å². The van der Waals surface area contributed by atoms with Gasteiger partial charge in [-0.25, -0.2) is 8.78 Å². The highest BCUT2D eigenvalue weighted by Gasteiger charge is 2.55. The first kappa shape index (κ1) is 9.55. The van der Waals surface area contributed by atoms with Gasteiger partial charge in [-0.2, -0.15) is 0 Å². The van der Waals surface area contributed by atoms with Gasteiger partial charge in [0.25, 0.3) is 5.92 Å². The van der Waals surface area contributed by atoms with Gasteiger partial charge in [-0.1, -0.05) is 0 Å². The molecule has 0 N–H and O–H groups in total. The van der Waals surface area contributed by atoms with Gasteiger partial charge >= 0.3 is 0 Å². The van der Waals surface area contributed by atoms with Crippen molar-refractivity contribution in [3.8, 4) is 0 Å². The molecule has 3 fully saturated rings. The highest BCUT2D eigenvalue weighted by atomic mass is 19.3. The standard InChI is InChI=1S/C11H15F2NO/c12-11(13)4-3-8-5-14(6-9(8)11)10(15)7-1-2-7/h7-9H,1-6H2. The molecule has 2 saturated carbocycles. The Bertz CT molecular complexity index is 301. The topological polar surface area (TPSA) is 20.3 Å². The first-order valence-electron chi connectivity index (χ1n) is 5.74. The van der Waals surface area contributed by atoms with Crippen LogP contribution in [-0.2, 0) is 4.79 Å². The van der Waals surface area contributed by atoms with Gasteiger partial charge in [-0.05, 0) is 25.2 Å². The molecule has 84 valence electrons. The molecule has 2 nitrogen and oxygen atoms in total. The lowest BCUT2D eigenvalue weighted by atomic mass is 9.99. The summed E-state index contributed by atoms with van der Waals surface area (Å²) in [6.45, 7) is 0.878. The first-order valence-corrected chi connectivity index (χ1v) is 5.74. The molecular formula is C11H15F2NO. The van der Waals surface area contributed by atoms with Gasteiger partial charge in [0, 0.05) is 31.3 Å². The predicted molar refractivity (Wildman–Crippen MR) is 50.5 cm³/mol. The summed E-state index contributed by atoms with van der Waals surface area (Å²) >= 11 is 0. The highest BCUT2D eigenvalue weighted by Crippen LogP contribution is 2.49. The predicted octanol–water partition coefficient (Wildman–Crippen LogP) is 1.90. The number of hydrogen-bond acceptors (Lipinski definition) is 1. The number of carbonyl (C=O) groups is 1. The lowest BCUT2D eigenvalue weighted by Gasteiger charge is -2.20. The van der Waals surface area contributed by atoms with Crippen LogP contribution in [0.25, 0.3) is 0 Å². The van der Waals surface area contributed by atoms with Gasteiger partial charge < -0.3 is 4.90 Å². The van der Waals surface area contributed by atoms with Crippen LogP contribution >= 0.6 is 0 Å². The fourth-order valence-corrected chi connectivity index (χ4v) is 2.97. The molecule has 15 heavy (non-hydrogen) atoms. The average Bonchev–Trinajstić information content (AvgIpc) is 2.86. The Hall–Kier alpha value is -0.670.